The van der Waals surface area contributed by atoms with Crippen LogP contribution in [-0.2, 0) is 17.8 Å². The molecule has 0 aliphatic heterocycles. The fourth-order valence-electron chi connectivity index (χ4n) is 3.36. The van der Waals surface area contributed by atoms with Crippen LogP contribution in [0, 0.1) is 0 Å². The molecule has 0 amide bonds. The zero-order chi connectivity index (χ0) is 21.4. The summed E-state index contributed by atoms with van der Waals surface area (Å²) in [6.45, 7) is 2.52. The van der Waals surface area contributed by atoms with E-state index in [1.54, 1.807) is 0 Å². The number of hydrogen-bond acceptors (Lipinski definition) is 5. The van der Waals surface area contributed by atoms with E-state index in [4.69, 9.17) is 4.74 Å². The molecule has 0 radical (unpaired) electrons. The van der Waals surface area contributed by atoms with Crippen LogP contribution in [-0.4, -0.2) is 47.7 Å². The maximum atomic E-state index is 10.2. The van der Waals surface area contributed by atoms with Crippen LogP contribution in [0.25, 0.3) is 0 Å². The predicted molar refractivity (Wildman–Crippen MR) is 120 cm³/mol. The maximum Gasteiger partial charge on any atom is 0.0914 e. The number of unbranched alkanes of at least 4 members (excludes halogenated alkanes) is 1. The molecule has 4 N–H and O–H groups in total. The summed E-state index contributed by atoms with van der Waals surface area (Å²) in [5.41, 5.74) is 2.97. The Bertz CT molecular complexity index is 680. The zero-order valence-electron chi connectivity index (χ0n) is 17.9. The highest BCUT2D eigenvalue weighted by Gasteiger charge is 2.08. The summed E-state index contributed by atoms with van der Waals surface area (Å²) < 4.78 is 5.64. The number of rotatable bonds is 16. The first-order valence-corrected chi connectivity index (χ1v) is 11.1. The number of hydrogen-bond donors (Lipinski definition) is 4. The van der Waals surface area contributed by atoms with Crippen molar-refractivity contribution in [2.45, 2.75) is 57.3 Å². The smallest absolute Gasteiger partial charge is 0.0914 e. The number of nitrogens with one attached hydrogen (secondary N) is 1. The Balaban J connectivity index is 1.42. The van der Waals surface area contributed by atoms with E-state index < -0.39 is 6.10 Å². The van der Waals surface area contributed by atoms with Gasteiger partial charge in [0.15, 0.2) is 0 Å². The molecular formula is C25H37NO4. The van der Waals surface area contributed by atoms with Crippen molar-refractivity contribution in [3.63, 3.8) is 0 Å². The topological polar surface area (TPSA) is 82.0 Å². The van der Waals surface area contributed by atoms with Crippen LogP contribution >= 0.6 is 0 Å². The predicted octanol–water partition coefficient (Wildman–Crippen LogP) is 3.37. The quantitative estimate of drug-likeness (QED) is 0.316. The van der Waals surface area contributed by atoms with Gasteiger partial charge in [0.05, 0.1) is 18.8 Å². The third-order valence-electron chi connectivity index (χ3n) is 5.19. The lowest BCUT2D eigenvalue weighted by atomic mass is 10.1. The fraction of sp³-hybridized carbons (Fsp3) is 0.520. The maximum absolute atomic E-state index is 10.2. The van der Waals surface area contributed by atoms with Crippen LogP contribution in [0.15, 0.2) is 54.6 Å². The van der Waals surface area contributed by atoms with Crippen LogP contribution in [0.5, 0.6) is 0 Å². The van der Waals surface area contributed by atoms with E-state index in [1.807, 2.05) is 30.3 Å². The molecule has 2 atom stereocenters. The van der Waals surface area contributed by atoms with Gasteiger partial charge in [-0.25, -0.2) is 0 Å². The summed E-state index contributed by atoms with van der Waals surface area (Å²) >= 11 is 0. The van der Waals surface area contributed by atoms with Gasteiger partial charge in [0.25, 0.3) is 0 Å². The monoisotopic (exact) mass is 415 g/mol. The first-order chi connectivity index (χ1) is 14.7. The minimum atomic E-state index is -0.600. The molecule has 5 nitrogen and oxygen atoms in total. The van der Waals surface area contributed by atoms with Crippen LogP contribution in [0.1, 0.15) is 54.9 Å². The third-order valence-corrected chi connectivity index (χ3v) is 5.19. The summed E-state index contributed by atoms with van der Waals surface area (Å²) in [4.78, 5) is 0. The molecular weight excluding hydrogens is 378 g/mol. The van der Waals surface area contributed by atoms with Crippen molar-refractivity contribution >= 4 is 0 Å². The summed E-state index contributed by atoms with van der Waals surface area (Å²) in [7, 11) is 0. The number of aliphatic hydroxyl groups is 3. The fourth-order valence-corrected chi connectivity index (χ4v) is 3.36. The number of aliphatic hydroxyl groups excluding tert-OH is 3. The van der Waals surface area contributed by atoms with Crippen LogP contribution in [0.2, 0.25) is 0 Å². The van der Waals surface area contributed by atoms with Crippen molar-refractivity contribution in [3.05, 3.63) is 71.3 Å². The molecule has 5 heteroatoms. The molecule has 0 saturated heterocycles. The molecule has 0 fully saturated rings. The summed E-state index contributed by atoms with van der Waals surface area (Å²) in [6, 6.07) is 17.8. The third kappa shape index (κ3) is 10.3. The molecule has 0 aliphatic rings. The molecule has 2 unspecified atom stereocenters. The molecule has 0 bridgehead atoms. The Morgan fingerprint density at radius 2 is 1.63 bits per heavy atom. The van der Waals surface area contributed by atoms with E-state index in [0.717, 1.165) is 56.4 Å². The Morgan fingerprint density at radius 1 is 0.833 bits per heavy atom. The van der Waals surface area contributed by atoms with Crippen LogP contribution in [0.3, 0.4) is 0 Å². The average molecular weight is 416 g/mol. The molecule has 0 heterocycles. The first-order valence-electron chi connectivity index (χ1n) is 11.1. The van der Waals surface area contributed by atoms with Crippen molar-refractivity contribution in [3.8, 4) is 0 Å². The Kier molecular flexibility index (Phi) is 12.3. The van der Waals surface area contributed by atoms with Gasteiger partial charge in [0.1, 0.15) is 0 Å². The Morgan fingerprint density at radius 3 is 2.43 bits per heavy atom. The molecule has 166 valence electrons. The first kappa shape index (κ1) is 24.5. The molecule has 0 aliphatic carbocycles. The molecule has 0 spiro atoms. The van der Waals surface area contributed by atoms with Crippen molar-refractivity contribution in [2.75, 3.05) is 26.3 Å². The van der Waals surface area contributed by atoms with E-state index in [9.17, 15) is 15.3 Å². The van der Waals surface area contributed by atoms with Gasteiger partial charge in [0.2, 0.25) is 0 Å². The zero-order valence-corrected chi connectivity index (χ0v) is 17.9. The minimum Gasteiger partial charge on any atom is -0.393 e. The van der Waals surface area contributed by atoms with Gasteiger partial charge in [-0.05, 0) is 61.8 Å². The van der Waals surface area contributed by atoms with Gasteiger partial charge in [-0.1, -0.05) is 54.6 Å². The average Bonchev–Trinajstić information content (AvgIpc) is 2.78. The Labute approximate surface area is 180 Å². The highest BCUT2D eigenvalue weighted by molar-refractivity contribution is 5.24. The van der Waals surface area contributed by atoms with E-state index in [0.29, 0.717) is 19.6 Å². The molecule has 2 aromatic rings. The SMILES string of the molecule is OCc1cccc(C(O)CNCCCC(O)CCOCCCCc2ccccc2)c1. The second-order valence-electron chi connectivity index (χ2n) is 7.76. The van der Waals surface area contributed by atoms with E-state index in [1.165, 1.54) is 5.56 Å². The lowest BCUT2D eigenvalue weighted by Gasteiger charge is -2.14. The van der Waals surface area contributed by atoms with Crippen molar-refractivity contribution < 1.29 is 20.1 Å². The summed E-state index contributed by atoms with van der Waals surface area (Å²) in [6.07, 6.45) is 4.53. The molecule has 2 aromatic carbocycles. The van der Waals surface area contributed by atoms with Crippen molar-refractivity contribution in [2.24, 2.45) is 0 Å². The van der Waals surface area contributed by atoms with Gasteiger partial charge in [-0.3, -0.25) is 0 Å². The number of ether oxygens (including phenoxy) is 1. The van der Waals surface area contributed by atoms with Crippen LogP contribution in [0.4, 0.5) is 0 Å². The molecule has 30 heavy (non-hydrogen) atoms. The summed E-state index contributed by atoms with van der Waals surface area (Å²) in [5.74, 6) is 0. The van der Waals surface area contributed by atoms with Gasteiger partial charge >= 0.3 is 0 Å². The lowest BCUT2D eigenvalue weighted by molar-refractivity contribution is 0.0754. The minimum absolute atomic E-state index is 0.0245. The van der Waals surface area contributed by atoms with Gasteiger partial charge in [0, 0.05) is 19.8 Å². The lowest BCUT2D eigenvalue weighted by Crippen LogP contribution is -2.23. The largest absolute Gasteiger partial charge is 0.393 e. The molecule has 0 aromatic heterocycles. The summed E-state index contributed by atoms with van der Waals surface area (Å²) in [5, 5.41) is 32.7. The van der Waals surface area contributed by atoms with E-state index in [2.05, 4.69) is 29.6 Å². The van der Waals surface area contributed by atoms with Gasteiger partial charge in [-0.15, -0.1) is 0 Å². The second-order valence-corrected chi connectivity index (χ2v) is 7.76. The van der Waals surface area contributed by atoms with E-state index in [-0.39, 0.29) is 12.7 Å². The van der Waals surface area contributed by atoms with E-state index >= 15 is 0 Å². The van der Waals surface area contributed by atoms with Gasteiger partial charge in [-0.2, -0.15) is 0 Å². The highest BCUT2D eigenvalue weighted by Crippen LogP contribution is 2.14. The van der Waals surface area contributed by atoms with Crippen molar-refractivity contribution in [1.82, 2.24) is 5.32 Å². The Hall–Kier alpha value is -1.76. The normalized spacial score (nSPS) is 13.3. The standard InChI is InChI=1S/C25H37NO4/c27-20-22-11-6-12-23(18-22)25(29)19-26-15-7-13-24(28)14-17-30-16-5-4-10-21-8-2-1-3-9-21/h1-3,6,8-9,11-12,18,24-29H,4-5,7,10,13-17,19-20H2. The molecule has 0 saturated carbocycles. The van der Waals surface area contributed by atoms with Crippen molar-refractivity contribution in [1.29, 1.82) is 0 Å². The van der Waals surface area contributed by atoms with Crippen LogP contribution < -0.4 is 5.32 Å². The van der Waals surface area contributed by atoms with Gasteiger partial charge < -0.3 is 25.4 Å². The molecule has 2 rings (SSSR count). The second kappa shape index (κ2) is 15.1. The number of benzene rings is 2. The highest BCUT2D eigenvalue weighted by atomic mass is 16.5. The number of aryl methyl sites for hydroxylation is 1.